The fourth-order valence-corrected chi connectivity index (χ4v) is 4.58. The first-order valence-electron chi connectivity index (χ1n) is 2.79. The van der Waals surface area contributed by atoms with E-state index in [9.17, 15) is 0 Å². The first-order valence-corrected chi connectivity index (χ1v) is 8.20. The highest BCUT2D eigenvalue weighted by atomic mass is 35.6. The third-order valence-electron chi connectivity index (χ3n) is 0.739. The first-order chi connectivity index (χ1) is 6.05. The molecule has 0 amide bonds. The van der Waals surface area contributed by atoms with Crippen molar-refractivity contribution in [2.45, 2.75) is 17.0 Å². The second kappa shape index (κ2) is 6.82. The summed E-state index contributed by atoms with van der Waals surface area (Å²) in [7, 11) is 2.04. The van der Waals surface area contributed by atoms with Gasteiger partial charge in [-0.15, -0.1) is 23.2 Å². The van der Waals surface area contributed by atoms with Gasteiger partial charge in [0.1, 0.15) is 9.42 Å². The van der Waals surface area contributed by atoms with Gasteiger partial charge in [-0.05, 0) is 0 Å². The normalized spacial score (nSPS) is 18.0. The van der Waals surface area contributed by atoms with Crippen LogP contribution in [0, 0.1) is 0 Å². The molecule has 0 unspecified atom stereocenters. The van der Waals surface area contributed by atoms with Gasteiger partial charge in [0.2, 0.25) is 7.59 Å². The Balaban J connectivity index is 3.96. The van der Waals surface area contributed by atoms with E-state index in [2.05, 4.69) is 0 Å². The van der Waals surface area contributed by atoms with Gasteiger partial charge in [0.15, 0.2) is 0 Å². The van der Waals surface area contributed by atoms with E-state index in [1.54, 1.807) is 0 Å². The smallest absolute Gasteiger partial charge is 0.105 e. The number of alkyl halides is 8. The maximum atomic E-state index is 5.71. The molecule has 0 N–H and O–H groups in total. The molecule has 0 aliphatic heterocycles. The minimum atomic E-state index is -1.59. The molecule has 0 spiro atoms. The number of hydrogen-bond acceptors (Lipinski definition) is 2. The zero-order valence-electron chi connectivity index (χ0n) is 5.99. The monoisotopic (exact) mass is 394 g/mol. The van der Waals surface area contributed by atoms with E-state index in [1.807, 2.05) is 0 Å². The largest absolute Gasteiger partial charge is 0.216 e. The summed E-state index contributed by atoms with van der Waals surface area (Å²) in [5.41, 5.74) is 0. The van der Waals surface area contributed by atoms with E-state index >= 15 is 0 Å². The topological polar surface area (TPSA) is 0 Å². The lowest BCUT2D eigenvalue weighted by Crippen LogP contribution is -2.18. The molecule has 0 heterocycles. The molecule has 0 aromatic carbocycles. The summed E-state index contributed by atoms with van der Waals surface area (Å²) < 4.78 is -4.76. The number of halogens is 8. The van der Waals surface area contributed by atoms with Crippen LogP contribution in [0.1, 0.15) is 0 Å². The Bertz CT molecular complexity index is 153. The molecule has 0 radical (unpaired) electrons. The standard InChI is InChI=1S/C4H2Cl8S2/c5-1(3(7,8)9)13-14-2(6)4(10,11)12/h1-2H/t1-,2-/m1/s1. The Morgan fingerprint density at radius 1 is 0.643 bits per heavy atom. The number of hydrogen-bond donors (Lipinski definition) is 0. The Hall–Kier alpha value is 3.02. The second-order valence-electron chi connectivity index (χ2n) is 1.91. The summed E-state index contributed by atoms with van der Waals surface area (Å²) in [5.74, 6) is 0. The van der Waals surface area contributed by atoms with Gasteiger partial charge >= 0.3 is 0 Å². The molecule has 0 rings (SSSR count). The summed E-state index contributed by atoms with van der Waals surface area (Å²) in [6.45, 7) is 0. The molecule has 0 nitrogen and oxygen atoms in total. The van der Waals surface area contributed by atoms with Crippen LogP contribution in [0.4, 0.5) is 0 Å². The Kier molecular flexibility index (Phi) is 8.29. The van der Waals surface area contributed by atoms with Gasteiger partial charge in [-0.2, -0.15) is 0 Å². The Morgan fingerprint density at radius 3 is 1.00 bits per heavy atom. The molecule has 10 heteroatoms. The Morgan fingerprint density at radius 2 is 0.857 bits per heavy atom. The van der Waals surface area contributed by atoms with Gasteiger partial charge in [-0.1, -0.05) is 91.2 Å². The van der Waals surface area contributed by atoms with Crippen LogP contribution in [-0.4, -0.2) is 17.0 Å². The molecule has 0 bridgehead atoms. The van der Waals surface area contributed by atoms with Crippen molar-refractivity contribution in [1.29, 1.82) is 0 Å². The van der Waals surface area contributed by atoms with Crippen LogP contribution in [0.2, 0.25) is 0 Å². The molecule has 0 aliphatic rings. The maximum Gasteiger partial charge on any atom is 0.216 e. The zero-order valence-corrected chi connectivity index (χ0v) is 13.7. The minimum Gasteiger partial charge on any atom is -0.105 e. The lowest BCUT2D eigenvalue weighted by Gasteiger charge is -2.21. The van der Waals surface area contributed by atoms with Crippen molar-refractivity contribution in [2.75, 3.05) is 0 Å². The van der Waals surface area contributed by atoms with E-state index in [0.717, 1.165) is 21.6 Å². The third-order valence-corrected chi connectivity index (χ3v) is 7.96. The lowest BCUT2D eigenvalue weighted by molar-refractivity contribution is 1.20. The molecule has 14 heavy (non-hydrogen) atoms. The van der Waals surface area contributed by atoms with E-state index in [0.29, 0.717) is 0 Å². The van der Waals surface area contributed by atoms with Crippen molar-refractivity contribution >= 4 is 114 Å². The lowest BCUT2D eigenvalue weighted by atomic mass is 10.9. The summed E-state index contributed by atoms with van der Waals surface area (Å²) in [6, 6.07) is 0. The molecule has 86 valence electrons. The van der Waals surface area contributed by atoms with Crippen LogP contribution in [0.3, 0.4) is 0 Å². The third kappa shape index (κ3) is 7.37. The zero-order chi connectivity index (χ0) is 11.6. The van der Waals surface area contributed by atoms with Crippen molar-refractivity contribution in [3.63, 3.8) is 0 Å². The van der Waals surface area contributed by atoms with E-state index < -0.39 is 17.0 Å². The summed E-state index contributed by atoms with van der Waals surface area (Å²) in [4.78, 5) is 0. The van der Waals surface area contributed by atoms with Gasteiger partial charge in [0.25, 0.3) is 0 Å². The summed E-state index contributed by atoms with van der Waals surface area (Å²) >= 11 is 44.4. The summed E-state index contributed by atoms with van der Waals surface area (Å²) in [5, 5.41) is 0. The van der Waals surface area contributed by atoms with E-state index in [-0.39, 0.29) is 0 Å². The highest BCUT2D eigenvalue weighted by Crippen LogP contribution is 2.50. The van der Waals surface area contributed by atoms with Gasteiger partial charge in [-0.25, -0.2) is 0 Å². The fourth-order valence-electron chi connectivity index (χ4n) is 0.207. The van der Waals surface area contributed by atoms with Crippen LogP contribution < -0.4 is 0 Å². The molecule has 0 aromatic rings. The van der Waals surface area contributed by atoms with Crippen molar-refractivity contribution in [3.8, 4) is 0 Å². The van der Waals surface area contributed by atoms with Gasteiger partial charge in [0, 0.05) is 0 Å². The van der Waals surface area contributed by atoms with Crippen molar-refractivity contribution in [3.05, 3.63) is 0 Å². The van der Waals surface area contributed by atoms with Crippen molar-refractivity contribution < 1.29 is 0 Å². The number of rotatable bonds is 3. The summed E-state index contributed by atoms with van der Waals surface area (Å²) in [6.07, 6.45) is 0. The van der Waals surface area contributed by atoms with Crippen LogP contribution in [-0.2, 0) is 0 Å². The highest BCUT2D eigenvalue weighted by molar-refractivity contribution is 8.77. The molecule has 2 atom stereocenters. The fraction of sp³-hybridized carbons (Fsp3) is 1.00. The van der Waals surface area contributed by atoms with Crippen LogP contribution in [0.25, 0.3) is 0 Å². The van der Waals surface area contributed by atoms with Crippen LogP contribution in [0.5, 0.6) is 0 Å². The molecule has 0 saturated carbocycles. The first kappa shape index (κ1) is 17.0. The predicted octanol–water partition coefficient (Wildman–Crippen LogP) is 6.24. The molecule has 0 aromatic heterocycles. The molecular formula is C4H2Cl8S2. The molecule has 0 saturated heterocycles. The van der Waals surface area contributed by atoms with Gasteiger partial charge in [0.05, 0.1) is 0 Å². The quantitative estimate of drug-likeness (QED) is 0.408. The average molecular weight is 398 g/mol. The van der Waals surface area contributed by atoms with Crippen molar-refractivity contribution in [2.24, 2.45) is 0 Å². The Labute approximate surface area is 130 Å². The SMILES string of the molecule is Cl[C@H](SS[C@@H](Cl)C(Cl)(Cl)Cl)C(Cl)(Cl)Cl. The van der Waals surface area contributed by atoms with Crippen LogP contribution >= 0.6 is 114 Å². The molecule has 0 aliphatic carbocycles. The van der Waals surface area contributed by atoms with E-state index in [1.165, 1.54) is 0 Å². The van der Waals surface area contributed by atoms with E-state index in [4.69, 9.17) is 92.8 Å². The van der Waals surface area contributed by atoms with Gasteiger partial charge in [-0.3, -0.25) is 0 Å². The predicted molar refractivity (Wildman–Crippen MR) is 75.0 cm³/mol. The average Bonchev–Trinajstić information content (AvgIpc) is 1.95. The van der Waals surface area contributed by atoms with Crippen LogP contribution in [0.15, 0.2) is 0 Å². The second-order valence-corrected chi connectivity index (χ2v) is 10.5. The van der Waals surface area contributed by atoms with Gasteiger partial charge < -0.3 is 0 Å². The highest BCUT2D eigenvalue weighted by Gasteiger charge is 2.36. The molecular weight excluding hydrogens is 396 g/mol. The molecule has 0 fully saturated rings. The maximum absolute atomic E-state index is 5.71. The minimum absolute atomic E-state index is 0.786. The van der Waals surface area contributed by atoms with Crippen molar-refractivity contribution in [1.82, 2.24) is 0 Å².